The zero-order valence-corrected chi connectivity index (χ0v) is 14.1. The maximum absolute atomic E-state index is 10.9. The van der Waals surface area contributed by atoms with Crippen molar-refractivity contribution in [1.29, 1.82) is 0 Å². The number of rotatable bonds is 12. The predicted octanol–water partition coefficient (Wildman–Crippen LogP) is 4.72. The molecule has 0 saturated heterocycles. The molecule has 0 aliphatic heterocycles. The second-order valence-electron chi connectivity index (χ2n) is 7.35. The van der Waals surface area contributed by atoms with Crippen LogP contribution in [0.1, 0.15) is 85.5 Å². The van der Waals surface area contributed by atoms with E-state index < -0.39 is 22.8 Å². The number of aliphatic carboxylic acids is 2. The summed E-state index contributed by atoms with van der Waals surface area (Å²) in [4.78, 5) is 21.9. The van der Waals surface area contributed by atoms with Crippen molar-refractivity contribution in [3.8, 4) is 0 Å². The minimum Gasteiger partial charge on any atom is -0.481 e. The summed E-state index contributed by atoms with van der Waals surface area (Å²) in [5.74, 6) is -1.44. The first-order valence-electron chi connectivity index (χ1n) is 8.06. The Kier molecular flexibility index (Phi) is 8.60. The van der Waals surface area contributed by atoms with E-state index in [4.69, 9.17) is 10.2 Å². The van der Waals surface area contributed by atoms with Crippen LogP contribution in [0.2, 0.25) is 0 Å². The molecule has 0 aromatic carbocycles. The average molecular weight is 300 g/mol. The first kappa shape index (κ1) is 19.9. The molecule has 0 aromatic heterocycles. The molecule has 0 atom stereocenters. The fourth-order valence-corrected chi connectivity index (χ4v) is 2.23. The predicted molar refractivity (Wildman–Crippen MR) is 84.4 cm³/mol. The quantitative estimate of drug-likeness (QED) is 0.511. The van der Waals surface area contributed by atoms with Gasteiger partial charge in [0.25, 0.3) is 0 Å². The van der Waals surface area contributed by atoms with Crippen LogP contribution in [0, 0.1) is 10.8 Å². The van der Waals surface area contributed by atoms with Crippen LogP contribution in [-0.4, -0.2) is 22.2 Å². The molecule has 4 nitrogen and oxygen atoms in total. The van der Waals surface area contributed by atoms with Crippen molar-refractivity contribution < 1.29 is 19.8 Å². The molecule has 0 radical (unpaired) electrons. The second kappa shape index (κ2) is 9.06. The van der Waals surface area contributed by atoms with Crippen LogP contribution >= 0.6 is 0 Å². The highest BCUT2D eigenvalue weighted by Crippen LogP contribution is 2.25. The highest BCUT2D eigenvalue weighted by Gasteiger charge is 2.26. The Hall–Kier alpha value is -1.06. The van der Waals surface area contributed by atoms with Gasteiger partial charge in [-0.3, -0.25) is 9.59 Å². The molecule has 0 unspecified atom stereocenters. The third-order valence-electron chi connectivity index (χ3n) is 4.26. The molecule has 0 fully saturated rings. The van der Waals surface area contributed by atoms with Gasteiger partial charge in [0, 0.05) is 0 Å². The van der Waals surface area contributed by atoms with Crippen molar-refractivity contribution in [3.63, 3.8) is 0 Å². The number of hydrogen-bond acceptors (Lipinski definition) is 2. The van der Waals surface area contributed by atoms with Gasteiger partial charge in [-0.2, -0.15) is 0 Å². The third-order valence-corrected chi connectivity index (χ3v) is 4.26. The van der Waals surface area contributed by atoms with Gasteiger partial charge in [-0.1, -0.05) is 44.9 Å². The molecule has 0 heterocycles. The monoisotopic (exact) mass is 300 g/mol. The molecule has 0 rings (SSSR count). The van der Waals surface area contributed by atoms with Gasteiger partial charge in [-0.15, -0.1) is 0 Å². The van der Waals surface area contributed by atoms with E-state index in [1.807, 2.05) is 0 Å². The van der Waals surface area contributed by atoms with E-state index in [9.17, 15) is 9.59 Å². The lowest BCUT2D eigenvalue weighted by Crippen LogP contribution is -2.23. The van der Waals surface area contributed by atoms with Crippen molar-refractivity contribution in [2.75, 3.05) is 0 Å². The van der Waals surface area contributed by atoms with Crippen molar-refractivity contribution in [1.82, 2.24) is 0 Å². The van der Waals surface area contributed by atoms with Gasteiger partial charge >= 0.3 is 11.9 Å². The SMILES string of the molecule is CC(C)(CCCCCCCCCC(C)(C)C(=O)O)C(=O)O. The van der Waals surface area contributed by atoms with Gasteiger partial charge < -0.3 is 10.2 Å². The van der Waals surface area contributed by atoms with Crippen molar-refractivity contribution in [2.45, 2.75) is 85.5 Å². The van der Waals surface area contributed by atoms with E-state index in [2.05, 4.69) is 0 Å². The summed E-state index contributed by atoms with van der Waals surface area (Å²) in [6.07, 6.45) is 8.98. The molecule has 0 aromatic rings. The zero-order chi connectivity index (χ0) is 16.5. The summed E-state index contributed by atoms with van der Waals surface area (Å²) in [6.45, 7) is 7.11. The minimum atomic E-state index is -0.719. The molecule has 21 heavy (non-hydrogen) atoms. The normalized spacial score (nSPS) is 12.4. The van der Waals surface area contributed by atoms with Crippen molar-refractivity contribution in [3.05, 3.63) is 0 Å². The summed E-state index contributed by atoms with van der Waals surface area (Å²) >= 11 is 0. The van der Waals surface area contributed by atoms with Gasteiger partial charge in [0.05, 0.1) is 10.8 Å². The molecular weight excluding hydrogens is 268 g/mol. The molecular formula is C17H32O4. The highest BCUT2D eigenvalue weighted by atomic mass is 16.4. The molecule has 0 spiro atoms. The van der Waals surface area contributed by atoms with Crippen molar-refractivity contribution in [2.24, 2.45) is 10.8 Å². The molecule has 0 amide bonds. The van der Waals surface area contributed by atoms with E-state index >= 15 is 0 Å². The Morgan fingerprint density at radius 3 is 1.10 bits per heavy atom. The Morgan fingerprint density at radius 2 is 0.857 bits per heavy atom. The number of carbonyl (C=O) groups is 2. The summed E-state index contributed by atoms with van der Waals surface area (Å²) in [7, 11) is 0. The van der Waals surface area contributed by atoms with Gasteiger partial charge in [0.1, 0.15) is 0 Å². The van der Waals surface area contributed by atoms with Gasteiger partial charge in [-0.25, -0.2) is 0 Å². The lowest BCUT2D eigenvalue weighted by molar-refractivity contribution is -0.148. The lowest BCUT2D eigenvalue weighted by Gasteiger charge is -2.19. The first-order valence-corrected chi connectivity index (χ1v) is 8.06. The molecule has 0 aliphatic carbocycles. The van der Waals surface area contributed by atoms with Crippen LogP contribution in [-0.2, 0) is 9.59 Å². The molecule has 2 N–H and O–H groups in total. The number of carboxylic acid groups (broad SMARTS) is 2. The number of unbranched alkanes of at least 4 members (excludes halogenated alkanes) is 6. The second-order valence-corrected chi connectivity index (χ2v) is 7.35. The molecule has 4 heteroatoms. The average Bonchev–Trinajstić information content (AvgIpc) is 2.36. The fourth-order valence-electron chi connectivity index (χ4n) is 2.23. The third kappa shape index (κ3) is 8.74. The van der Waals surface area contributed by atoms with Gasteiger partial charge in [-0.05, 0) is 40.5 Å². The van der Waals surface area contributed by atoms with E-state index in [0.717, 1.165) is 57.8 Å². The van der Waals surface area contributed by atoms with E-state index in [-0.39, 0.29) is 0 Å². The number of carboxylic acids is 2. The van der Waals surface area contributed by atoms with Gasteiger partial charge in [0.15, 0.2) is 0 Å². The van der Waals surface area contributed by atoms with Crippen LogP contribution in [0.25, 0.3) is 0 Å². The molecule has 0 bridgehead atoms. The Balaban J connectivity index is 3.50. The summed E-state index contributed by atoms with van der Waals surface area (Å²) in [5, 5.41) is 18.0. The van der Waals surface area contributed by atoms with E-state index in [1.54, 1.807) is 27.7 Å². The Morgan fingerprint density at radius 1 is 0.619 bits per heavy atom. The maximum Gasteiger partial charge on any atom is 0.309 e. The Labute approximate surface area is 128 Å². The number of hydrogen-bond donors (Lipinski definition) is 2. The molecule has 0 saturated carbocycles. The molecule has 124 valence electrons. The molecule has 0 aliphatic rings. The summed E-state index contributed by atoms with van der Waals surface area (Å²) in [6, 6.07) is 0. The van der Waals surface area contributed by atoms with Crippen LogP contribution in [0.5, 0.6) is 0 Å². The summed E-state index contributed by atoms with van der Waals surface area (Å²) < 4.78 is 0. The van der Waals surface area contributed by atoms with Crippen LogP contribution in [0.15, 0.2) is 0 Å². The van der Waals surface area contributed by atoms with Crippen LogP contribution in [0.4, 0.5) is 0 Å². The van der Waals surface area contributed by atoms with E-state index in [1.165, 1.54) is 0 Å². The topological polar surface area (TPSA) is 74.6 Å². The van der Waals surface area contributed by atoms with Crippen LogP contribution < -0.4 is 0 Å². The standard InChI is InChI=1S/C17H32O4/c1-16(2,14(18)19)12-10-8-6-5-7-9-11-13-17(3,4)15(20)21/h5-13H2,1-4H3,(H,18,19)(H,20,21). The largest absolute Gasteiger partial charge is 0.481 e. The summed E-state index contributed by atoms with van der Waals surface area (Å²) in [5.41, 5.74) is -1.22. The maximum atomic E-state index is 10.9. The van der Waals surface area contributed by atoms with E-state index in [0.29, 0.717) is 0 Å². The fraction of sp³-hybridized carbons (Fsp3) is 0.882. The zero-order valence-electron chi connectivity index (χ0n) is 14.1. The highest BCUT2D eigenvalue weighted by molar-refractivity contribution is 5.73. The smallest absolute Gasteiger partial charge is 0.309 e. The van der Waals surface area contributed by atoms with Crippen LogP contribution in [0.3, 0.4) is 0 Å². The first-order chi connectivity index (χ1) is 9.59. The van der Waals surface area contributed by atoms with Gasteiger partial charge in [0.2, 0.25) is 0 Å². The minimum absolute atomic E-state index is 0.609. The Bertz CT molecular complexity index is 300. The lowest BCUT2D eigenvalue weighted by atomic mass is 9.86. The van der Waals surface area contributed by atoms with Crippen molar-refractivity contribution >= 4 is 11.9 Å².